The van der Waals surface area contributed by atoms with E-state index >= 15 is 0 Å². The number of nitrogens with zero attached hydrogens (tertiary/aromatic N) is 1. The second-order valence-electron chi connectivity index (χ2n) is 4.82. The Balaban J connectivity index is 3.19. The van der Waals surface area contributed by atoms with Crippen molar-refractivity contribution in [3.8, 4) is 0 Å². The normalized spacial score (nSPS) is 12.5. The molecule has 1 aromatic rings. The molecule has 0 atom stereocenters. The van der Waals surface area contributed by atoms with Crippen molar-refractivity contribution in [3.63, 3.8) is 0 Å². The first kappa shape index (κ1) is 14.0. The summed E-state index contributed by atoms with van der Waals surface area (Å²) in [4.78, 5) is 0. The van der Waals surface area contributed by atoms with Crippen LogP contribution < -0.4 is 4.31 Å². The summed E-state index contributed by atoms with van der Waals surface area (Å²) in [7, 11) is -1.74. The molecule has 1 aromatic carbocycles. The fraction of sp³-hybridized carbons (Fsp3) is 0.500. The third kappa shape index (κ3) is 3.20. The van der Waals surface area contributed by atoms with Gasteiger partial charge in [-0.15, -0.1) is 0 Å². The zero-order valence-corrected chi connectivity index (χ0v) is 11.5. The van der Waals surface area contributed by atoms with Gasteiger partial charge in [0.05, 0.1) is 18.6 Å². The van der Waals surface area contributed by atoms with Gasteiger partial charge in [0, 0.05) is 12.5 Å². The molecule has 0 aromatic heterocycles. The molecule has 0 fully saturated rings. The van der Waals surface area contributed by atoms with E-state index in [1.54, 1.807) is 18.2 Å². The molecule has 17 heavy (non-hydrogen) atoms. The first-order valence-corrected chi connectivity index (χ1v) is 7.18. The van der Waals surface area contributed by atoms with E-state index in [1.165, 1.54) is 11.4 Å². The lowest BCUT2D eigenvalue weighted by Gasteiger charge is -2.24. The Kier molecular flexibility index (Phi) is 3.84. The quantitative estimate of drug-likeness (QED) is 0.886. The average Bonchev–Trinajstić information content (AvgIpc) is 2.27. The maximum Gasteiger partial charge on any atom is 0.231 e. The Hall–Kier alpha value is -1.07. The van der Waals surface area contributed by atoms with E-state index in [4.69, 9.17) is 0 Å². The van der Waals surface area contributed by atoms with Crippen molar-refractivity contribution in [2.75, 3.05) is 24.2 Å². The molecule has 0 radical (unpaired) electrons. The minimum absolute atomic E-state index is 0.0129. The van der Waals surface area contributed by atoms with E-state index in [0.717, 1.165) is 11.8 Å². The summed E-state index contributed by atoms with van der Waals surface area (Å²) in [5.74, 6) is 0. The molecule has 4 nitrogen and oxygen atoms in total. The van der Waals surface area contributed by atoms with Crippen LogP contribution in [0, 0.1) is 0 Å². The van der Waals surface area contributed by atoms with E-state index in [2.05, 4.69) is 0 Å². The lowest BCUT2D eigenvalue weighted by atomic mass is 9.85. The van der Waals surface area contributed by atoms with E-state index in [9.17, 15) is 13.5 Å². The molecule has 0 unspecified atom stereocenters. The number of rotatable bonds is 4. The van der Waals surface area contributed by atoms with Crippen molar-refractivity contribution in [1.29, 1.82) is 0 Å². The predicted octanol–water partition coefficient (Wildman–Crippen LogP) is 1.35. The van der Waals surface area contributed by atoms with Crippen LogP contribution in [0.2, 0.25) is 0 Å². The first-order chi connectivity index (χ1) is 7.68. The van der Waals surface area contributed by atoms with Gasteiger partial charge in [0.2, 0.25) is 10.0 Å². The maximum absolute atomic E-state index is 11.4. The highest BCUT2D eigenvalue weighted by molar-refractivity contribution is 7.92. The number of hydrogen-bond donors (Lipinski definition) is 1. The van der Waals surface area contributed by atoms with Crippen molar-refractivity contribution in [1.82, 2.24) is 0 Å². The Bertz CT molecular complexity index is 494. The standard InChI is InChI=1S/C12H19NO3S/c1-12(2,9-14)10-6-5-7-11(8-10)13(3)17(4,15)16/h5-8,14H,9H2,1-4H3. The number of aliphatic hydroxyl groups excluding tert-OH is 1. The molecule has 1 rings (SSSR count). The van der Waals surface area contributed by atoms with E-state index in [-0.39, 0.29) is 12.0 Å². The molecular weight excluding hydrogens is 238 g/mol. The molecule has 5 heteroatoms. The summed E-state index contributed by atoms with van der Waals surface area (Å²) in [6.07, 6.45) is 1.16. The summed E-state index contributed by atoms with van der Waals surface area (Å²) in [6, 6.07) is 7.20. The molecule has 0 aliphatic heterocycles. The molecule has 0 spiro atoms. The van der Waals surface area contributed by atoms with Gasteiger partial charge in [0.15, 0.2) is 0 Å². The minimum Gasteiger partial charge on any atom is -0.395 e. The van der Waals surface area contributed by atoms with Gasteiger partial charge in [-0.25, -0.2) is 8.42 Å². The molecule has 0 aliphatic carbocycles. The van der Waals surface area contributed by atoms with Gasteiger partial charge in [-0.3, -0.25) is 4.31 Å². The highest BCUT2D eigenvalue weighted by Crippen LogP contribution is 2.26. The molecule has 1 N–H and O–H groups in total. The van der Waals surface area contributed by atoms with Gasteiger partial charge in [0.25, 0.3) is 0 Å². The van der Waals surface area contributed by atoms with Crippen molar-refractivity contribution in [3.05, 3.63) is 29.8 Å². The fourth-order valence-corrected chi connectivity index (χ4v) is 1.90. The maximum atomic E-state index is 11.4. The summed E-state index contributed by atoms with van der Waals surface area (Å²) < 4.78 is 24.1. The van der Waals surface area contributed by atoms with E-state index in [1.807, 2.05) is 19.9 Å². The van der Waals surface area contributed by atoms with Crippen LogP contribution in [-0.4, -0.2) is 33.4 Å². The third-order valence-corrected chi connectivity index (χ3v) is 4.09. The van der Waals surface area contributed by atoms with E-state index in [0.29, 0.717) is 5.69 Å². The number of aliphatic hydroxyl groups is 1. The van der Waals surface area contributed by atoms with Crippen LogP contribution in [0.3, 0.4) is 0 Å². The highest BCUT2D eigenvalue weighted by Gasteiger charge is 2.21. The lowest BCUT2D eigenvalue weighted by Crippen LogP contribution is -2.26. The second-order valence-corrected chi connectivity index (χ2v) is 6.84. The molecule has 0 amide bonds. The lowest BCUT2D eigenvalue weighted by molar-refractivity contribution is 0.218. The van der Waals surface area contributed by atoms with Crippen LogP contribution in [0.5, 0.6) is 0 Å². The topological polar surface area (TPSA) is 57.6 Å². The van der Waals surface area contributed by atoms with E-state index < -0.39 is 10.0 Å². The monoisotopic (exact) mass is 257 g/mol. The summed E-state index contributed by atoms with van der Waals surface area (Å²) in [6.45, 7) is 3.83. The van der Waals surface area contributed by atoms with Gasteiger partial charge >= 0.3 is 0 Å². The molecule has 0 heterocycles. The number of sulfonamides is 1. The van der Waals surface area contributed by atoms with Gasteiger partial charge in [-0.1, -0.05) is 26.0 Å². The molecule has 0 saturated heterocycles. The molecular formula is C12H19NO3S. The van der Waals surface area contributed by atoms with Crippen LogP contribution in [0.15, 0.2) is 24.3 Å². The van der Waals surface area contributed by atoms with Crippen molar-refractivity contribution >= 4 is 15.7 Å². The molecule has 0 bridgehead atoms. The zero-order valence-electron chi connectivity index (χ0n) is 10.6. The average molecular weight is 257 g/mol. The zero-order chi connectivity index (χ0) is 13.3. The van der Waals surface area contributed by atoms with Crippen LogP contribution in [-0.2, 0) is 15.4 Å². The van der Waals surface area contributed by atoms with Gasteiger partial charge in [-0.2, -0.15) is 0 Å². The summed E-state index contributed by atoms with van der Waals surface area (Å²) >= 11 is 0. The van der Waals surface area contributed by atoms with Gasteiger partial charge in [0.1, 0.15) is 0 Å². The molecule has 0 saturated carbocycles. The Morgan fingerprint density at radius 3 is 2.41 bits per heavy atom. The molecule has 0 aliphatic rings. The number of benzene rings is 1. The number of hydrogen-bond acceptors (Lipinski definition) is 3. The Morgan fingerprint density at radius 1 is 1.35 bits per heavy atom. The van der Waals surface area contributed by atoms with Gasteiger partial charge < -0.3 is 5.11 Å². The number of anilines is 1. The van der Waals surface area contributed by atoms with Gasteiger partial charge in [-0.05, 0) is 17.7 Å². The van der Waals surface area contributed by atoms with Crippen molar-refractivity contribution in [2.45, 2.75) is 19.3 Å². The Labute approximate surface area is 103 Å². The van der Waals surface area contributed by atoms with Crippen LogP contribution >= 0.6 is 0 Å². The second kappa shape index (κ2) is 4.66. The Morgan fingerprint density at radius 2 is 1.94 bits per heavy atom. The SMILES string of the molecule is CN(c1cccc(C(C)(C)CO)c1)S(C)(=O)=O. The minimum atomic E-state index is -3.25. The van der Waals surface area contributed by atoms with Crippen molar-refractivity contribution < 1.29 is 13.5 Å². The van der Waals surface area contributed by atoms with Crippen LogP contribution in [0.1, 0.15) is 19.4 Å². The van der Waals surface area contributed by atoms with Crippen molar-refractivity contribution in [2.24, 2.45) is 0 Å². The predicted molar refractivity (Wildman–Crippen MR) is 69.8 cm³/mol. The smallest absolute Gasteiger partial charge is 0.231 e. The largest absolute Gasteiger partial charge is 0.395 e. The van der Waals surface area contributed by atoms with Crippen LogP contribution in [0.4, 0.5) is 5.69 Å². The summed E-state index contributed by atoms with van der Waals surface area (Å²) in [5.41, 5.74) is 1.13. The highest BCUT2D eigenvalue weighted by atomic mass is 32.2. The first-order valence-electron chi connectivity index (χ1n) is 5.34. The molecule has 96 valence electrons. The summed E-state index contributed by atoms with van der Waals surface area (Å²) in [5, 5.41) is 9.30. The van der Waals surface area contributed by atoms with Crippen LogP contribution in [0.25, 0.3) is 0 Å². The third-order valence-electron chi connectivity index (χ3n) is 2.88. The fourth-order valence-electron chi connectivity index (χ4n) is 1.41.